The normalized spacial score (nSPS) is 9.88. The molecule has 1 aromatic rings. The zero-order valence-corrected chi connectivity index (χ0v) is 10.1. The minimum absolute atomic E-state index is 0.423. The number of hydrogen-bond donors (Lipinski definition) is 2. The lowest BCUT2D eigenvalue weighted by atomic mass is 10.2. The summed E-state index contributed by atoms with van der Waals surface area (Å²) in [5, 5.41) is 11.9. The van der Waals surface area contributed by atoms with Crippen LogP contribution in [0.3, 0.4) is 0 Å². The molecular weight excluding hydrogens is 216 g/mol. The van der Waals surface area contributed by atoms with E-state index < -0.39 is 0 Å². The van der Waals surface area contributed by atoms with Crippen molar-refractivity contribution in [3.05, 3.63) is 17.8 Å². The monoisotopic (exact) mass is 234 g/mol. The summed E-state index contributed by atoms with van der Waals surface area (Å²) in [6.45, 7) is 1.60. The summed E-state index contributed by atoms with van der Waals surface area (Å²) in [5.41, 5.74) is 6.67. The fourth-order valence-electron chi connectivity index (χ4n) is 1.47. The molecule has 5 heteroatoms. The molecule has 3 N–H and O–H groups in total. The number of rotatable bonds is 7. The first kappa shape index (κ1) is 13.3. The van der Waals surface area contributed by atoms with Crippen LogP contribution in [-0.2, 0) is 4.74 Å². The van der Waals surface area contributed by atoms with Crippen molar-refractivity contribution in [1.29, 1.82) is 5.26 Å². The van der Waals surface area contributed by atoms with Gasteiger partial charge in [-0.25, -0.2) is 4.98 Å². The van der Waals surface area contributed by atoms with E-state index in [9.17, 15) is 0 Å². The average molecular weight is 234 g/mol. The number of anilines is 2. The van der Waals surface area contributed by atoms with Gasteiger partial charge in [0, 0.05) is 26.5 Å². The topological polar surface area (TPSA) is 84.0 Å². The fourth-order valence-corrected chi connectivity index (χ4v) is 1.47. The molecule has 0 fully saturated rings. The van der Waals surface area contributed by atoms with Crippen LogP contribution in [0.25, 0.3) is 0 Å². The molecule has 0 saturated carbocycles. The minimum atomic E-state index is 0.423. The van der Waals surface area contributed by atoms with Crippen LogP contribution in [-0.4, -0.2) is 25.2 Å². The number of unbranched alkanes of at least 4 members (excludes halogenated alkanes) is 2. The predicted molar refractivity (Wildman–Crippen MR) is 67.6 cm³/mol. The van der Waals surface area contributed by atoms with Gasteiger partial charge in [0.1, 0.15) is 6.07 Å². The van der Waals surface area contributed by atoms with Crippen LogP contribution in [0.2, 0.25) is 0 Å². The maximum absolute atomic E-state index is 8.81. The number of ether oxygens (including phenoxy) is 1. The van der Waals surface area contributed by atoms with Gasteiger partial charge in [0.05, 0.1) is 11.3 Å². The Kier molecular flexibility index (Phi) is 5.83. The quantitative estimate of drug-likeness (QED) is 0.702. The number of nitriles is 1. The Hall–Kier alpha value is -1.80. The number of pyridine rings is 1. The van der Waals surface area contributed by atoms with Gasteiger partial charge in [-0.1, -0.05) is 0 Å². The third kappa shape index (κ3) is 4.29. The molecule has 0 bridgehead atoms. The van der Waals surface area contributed by atoms with Gasteiger partial charge in [0.15, 0.2) is 5.82 Å². The Labute approximate surface area is 102 Å². The highest BCUT2D eigenvalue weighted by molar-refractivity contribution is 5.68. The summed E-state index contributed by atoms with van der Waals surface area (Å²) in [7, 11) is 1.70. The van der Waals surface area contributed by atoms with E-state index in [0.29, 0.717) is 17.1 Å². The van der Waals surface area contributed by atoms with Gasteiger partial charge in [-0.3, -0.25) is 0 Å². The Bertz CT molecular complexity index is 387. The second-order valence-corrected chi connectivity index (χ2v) is 3.71. The van der Waals surface area contributed by atoms with E-state index in [0.717, 1.165) is 32.4 Å². The van der Waals surface area contributed by atoms with Crippen LogP contribution in [0.15, 0.2) is 12.3 Å². The van der Waals surface area contributed by atoms with Gasteiger partial charge < -0.3 is 15.8 Å². The number of nitrogens with one attached hydrogen (secondary N) is 1. The minimum Gasteiger partial charge on any atom is -0.395 e. The molecule has 92 valence electrons. The SMILES string of the molecule is COCCCCCNc1nccc(C#N)c1N. The number of methoxy groups -OCH3 is 1. The molecule has 5 nitrogen and oxygen atoms in total. The third-order valence-electron chi connectivity index (χ3n) is 2.43. The lowest BCUT2D eigenvalue weighted by molar-refractivity contribution is 0.192. The van der Waals surface area contributed by atoms with Crippen molar-refractivity contribution in [2.45, 2.75) is 19.3 Å². The number of nitrogen functional groups attached to an aromatic ring is 1. The van der Waals surface area contributed by atoms with Crippen molar-refractivity contribution in [2.75, 3.05) is 31.3 Å². The third-order valence-corrected chi connectivity index (χ3v) is 2.43. The van der Waals surface area contributed by atoms with Crippen LogP contribution in [0.1, 0.15) is 24.8 Å². The molecule has 0 aromatic carbocycles. The second-order valence-electron chi connectivity index (χ2n) is 3.71. The van der Waals surface area contributed by atoms with Gasteiger partial charge in [-0.15, -0.1) is 0 Å². The van der Waals surface area contributed by atoms with Gasteiger partial charge in [-0.05, 0) is 25.3 Å². The van der Waals surface area contributed by atoms with E-state index in [2.05, 4.69) is 10.3 Å². The summed E-state index contributed by atoms with van der Waals surface area (Å²) in [4.78, 5) is 4.11. The lowest BCUT2D eigenvalue weighted by Crippen LogP contribution is -2.07. The Balaban J connectivity index is 2.35. The Morgan fingerprint density at radius 2 is 2.29 bits per heavy atom. The molecule has 0 saturated heterocycles. The first-order valence-corrected chi connectivity index (χ1v) is 5.67. The van der Waals surface area contributed by atoms with Gasteiger partial charge in [0.2, 0.25) is 0 Å². The summed E-state index contributed by atoms with van der Waals surface area (Å²) < 4.78 is 4.97. The molecule has 0 aliphatic heterocycles. The van der Waals surface area contributed by atoms with Crippen molar-refractivity contribution in [2.24, 2.45) is 0 Å². The maximum atomic E-state index is 8.81. The van der Waals surface area contributed by atoms with Crippen LogP contribution in [0.4, 0.5) is 11.5 Å². The Morgan fingerprint density at radius 3 is 3.00 bits per heavy atom. The largest absolute Gasteiger partial charge is 0.395 e. The highest BCUT2D eigenvalue weighted by Gasteiger charge is 2.04. The summed E-state index contributed by atoms with van der Waals surface area (Å²) in [6, 6.07) is 3.64. The number of nitrogens with zero attached hydrogens (tertiary/aromatic N) is 2. The first-order valence-electron chi connectivity index (χ1n) is 5.67. The molecular formula is C12H18N4O. The van der Waals surface area contributed by atoms with Crippen LogP contribution < -0.4 is 11.1 Å². The summed E-state index contributed by atoms with van der Waals surface area (Å²) >= 11 is 0. The number of nitrogens with two attached hydrogens (primary N) is 1. The van der Waals surface area contributed by atoms with Crippen molar-refractivity contribution in [3.63, 3.8) is 0 Å². The molecule has 1 rings (SSSR count). The van der Waals surface area contributed by atoms with Crippen molar-refractivity contribution in [1.82, 2.24) is 4.98 Å². The van der Waals surface area contributed by atoms with Crippen LogP contribution in [0.5, 0.6) is 0 Å². The summed E-state index contributed by atoms with van der Waals surface area (Å²) in [5.74, 6) is 0.593. The molecule has 0 spiro atoms. The van der Waals surface area contributed by atoms with E-state index >= 15 is 0 Å². The van der Waals surface area contributed by atoms with Crippen molar-refractivity contribution < 1.29 is 4.74 Å². The molecule has 1 aromatic heterocycles. The number of aromatic nitrogens is 1. The van der Waals surface area contributed by atoms with Crippen LogP contribution in [0, 0.1) is 11.3 Å². The smallest absolute Gasteiger partial charge is 0.150 e. The first-order chi connectivity index (χ1) is 8.29. The highest BCUT2D eigenvalue weighted by Crippen LogP contribution is 2.18. The molecule has 0 radical (unpaired) electrons. The molecule has 17 heavy (non-hydrogen) atoms. The molecule has 0 amide bonds. The fraction of sp³-hybridized carbons (Fsp3) is 0.500. The molecule has 0 unspecified atom stereocenters. The lowest BCUT2D eigenvalue weighted by Gasteiger charge is -2.08. The molecule has 0 aliphatic carbocycles. The maximum Gasteiger partial charge on any atom is 0.150 e. The molecule has 0 aliphatic rings. The molecule has 0 atom stereocenters. The zero-order chi connectivity index (χ0) is 12.5. The van der Waals surface area contributed by atoms with E-state index in [-0.39, 0.29) is 0 Å². The number of hydrogen-bond acceptors (Lipinski definition) is 5. The standard InChI is InChI=1S/C12H18N4O/c1-17-8-4-2-3-6-15-12-11(14)10(9-13)5-7-16-12/h5,7H,2-4,6,8,14H2,1H3,(H,15,16). The van der Waals surface area contributed by atoms with E-state index in [1.54, 1.807) is 19.4 Å². The van der Waals surface area contributed by atoms with Gasteiger partial charge in [0.25, 0.3) is 0 Å². The van der Waals surface area contributed by atoms with Crippen molar-refractivity contribution in [3.8, 4) is 6.07 Å². The van der Waals surface area contributed by atoms with E-state index in [1.165, 1.54) is 0 Å². The van der Waals surface area contributed by atoms with Gasteiger partial charge >= 0.3 is 0 Å². The average Bonchev–Trinajstić information content (AvgIpc) is 2.35. The highest BCUT2D eigenvalue weighted by atomic mass is 16.5. The van der Waals surface area contributed by atoms with Crippen LogP contribution >= 0.6 is 0 Å². The van der Waals surface area contributed by atoms with E-state index in [1.807, 2.05) is 6.07 Å². The second kappa shape index (κ2) is 7.47. The Morgan fingerprint density at radius 1 is 1.47 bits per heavy atom. The predicted octanol–water partition coefficient (Wildman–Crippen LogP) is 1.76. The van der Waals surface area contributed by atoms with Gasteiger partial charge in [-0.2, -0.15) is 5.26 Å². The molecule has 1 heterocycles. The zero-order valence-electron chi connectivity index (χ0n) is 10.1. The van der Waals surface area contributed by atoms with E-state index in [4.69, 9.17) is 15.7 Å². The van der Waals surface area contributed by atoms with Crippen molar-refractivity contribution >= 4 is 11.5 Å². The summed E-state index contributed by atoms with van der Waals surface area (Å²) in [6.07, 6.45) is 4.77.